The lowest BCUT2D eigenvalue weighted by Gasteiger charge is -2.16. The van der Waals surface area contributed by atoms with E-state index in [0.717, 1.165) is 25.0 Å². The van der Waals surface area contributed by atoms with Crippen molar-refractivity contribution >= 4 is 34.8 Å². The van der Waals surface area contributed by atoms with Gasteiger partial charge in [0.15, 0.2) is 11.5 Å². The Bertz CT molecular complexity index is 1440. The summed E-state index contributed by atoms with van der Waals surface area (Å²) < 4.78 is 12.2. The summed E-state index contributed by atoms with van der Waals surface area (Å²) in [6.07, 6.45) is 17.7. The number of hydrogen-bond donors (Lipinski definition) is 2. The Labute approximate surface area is 273 Å². The van der Waals surface area contributed by atoms with E-state index in [0.29, 0.717) is 40.1 Å². The SMILES string of the molecule is CCCCCCCCCCCCCCCCOC(=O)C#CC(=O)Nc1ccc(-c2nc3c(Cl)c(C(C)(C)C)[nH]n3n2)c(OC)c1. The van der Waals surface area contributed by atoms with Gasteiger partial charge in [-0.1, -0.05) is 123 Å². The third-order valence-corrected chi connectivity index (χ3v) is 8.06. The third kappa shape index (κ3) is 11.7. The van der Waals surface area contributed by atoms with Crippen LogP contribution in [0.3, 0.4) is 0 Å². The van der Waals surface area contributed by atoms with Crippen LogP contribution < -0.4 is 10.1 Å². The van der Waals surface area contributed by atoms with E-state index in [1.165, 1.54) is 77.7 Å². The molecule has 45 heavy (non-hydrogen) atoms. The van der Waals surface area contributed by atoms with Crippen molar-refractivity contribution in [2.45, 2.75) is 123 Å². The summed E-state index contributed by atoms with van der Waals surface area (Å²) in [5, 5.41) is 10.9. The van der Waals surface area contributed by atoms with Crippen LogP contribution in [-0.4, -0.2) is 45.4 Å². The Balaban J connectivity index is 1.34. The van der Waals surface area contributed by atoms with E-state index >= 15 is 0 Å². The molecule has 0 aliphatic rings. The maximum Gasteiger partial charge on any atom is 0.384 e. The second kappa shape index (κ2) is 18.5. The van der Waals surface area contributed by atoms with Gasteiger partial charge in [0, 0.05) is 29.0 Å². The number of H-pyrrole nitrogens is 1. The maximum atomic E-state index is 12.3. The Morgan fingerprint density at radius 2 is 1.53 bits per heavy atom. The van der Waals surface area contributed by atoms with Crippen LogP contribution in [-0.2, 0) is 19.7 Å². The Kier molecular flexibility index (Phi) is 14.8. The number of aromatic amines is 1. The zero-order chi connectivity index (χ0) is 32.7. The fraction of sp³-hybridized carbons (Fsp3) is 0.600. The molecule has 10 heteroatoms. The molecule has 0 saturated heterocycles. The minimum Gasteiger partial charge on any atom is -0.496 e. The highest BCUT2D eigenvalue weighted by atomic mass is 35.5. The number of esters is 1. The predicted octanol–water partition coefficient (Wildman–Crippen LogP) is 8.65. The lowest BCUT2D eigenvalue weighted by molar-refractivity contribution is -0.136. The number of aromatic nitrogens is 4. The van der Waals surface area contributed by atoms with Crippen LogP contribution in [0.2, 0.25) is 5.02 Å². The number of halogens is 1. The number of unbranched alkanes of at least 4 members (excludes halogenated alkanes) is 13. The molecule has 0 aliphatic heterocycles. The molecule has 2 heterocycles. The highest BCUT2D eigenvalue weighted by Gasteiger charge is 2.25. The van der Waals surface area contributed by atoms with Gasteiger partial charge in [0.05, 0.1) is 25.0 Å². The largest absolute Gasteiger partial charge is 0.496 e. The standard InChI is InChI=1S/C35H50ClN5O4/c1-6-7-8-9-10-11-12-13-14-15-16-17-18-19-24-45-30(43)23-22-29(42)37-26-20-21-27(28(25-26)44-5)33-38-34-31(36)32(35(2,3)4)39-41(34)40-33/h20-21,25,39H,6-19,24H2,1-5H3,(H,37,42). The van der Waals surface area contributed by atoms with Gasteiger partial charge in [0.25, 0.3) is 0 Å². The molecule has 2 aromatic heterocycles. The molecule has 0 spiro atoms. The van der Waals surface area contributed by atoms with E-state index < -0.39 is 11.9 Å². The molecule has 3 rings (SSSR count). The quantitative estimate of drug-likeness (QED) is 0.0624. The highest BCUT2D eigenvalue weighted by molar-refractivity contribution is 6.34. The van der Waals surface area contributed by atoms with Crippen LogP contribution in [0.5, 0.6) is 5.75 Å². The number of fused-ring (bicyclic) bond motifs is 1. The molecule has 3 aromatic rings. The van der Waals surface area contributed by atoms with Crippen molar-refractivity contribution in [1.82, 2.24) is 19.8 Å². The fourth-order valence-corrected chi connectivity index (χ4v) is 5.58. The lowest BCUT2D eigenvalue weighted by Crippen LogP contribution is -2.13. The summed E-state index contributed by atoms with van der Waals surface area (Å²) in [4.78, 5) is 28.9. The monoisotopic (exact) mass is 639 g/mol. The summed E-state index contributed by atoms with van der Waals surface area (Å²) >= 11 is 6.56. The summed E-state index contributed by atoms with van der Waals surface area (Å²) in [5.74, 6) is 4.08. The van der Waals surface area contributed by atoms with Crippen molar-refractivity contribution in [3.05, 3.63) is 28.9 Å². The number of benzene rings is 1. The number of ether oxygens (including phenoxy) is 2. The van der Waals surface area contributed by atoms with Gasteiger partial charge in [0.2, 0.25) is 0 Å². The average molecular weight is 640 g/mol. The molecule has 246 valence electrons. The molecule has 0 fully saturated rings. The minimum absolute atomic E-state index is 0.192. The first-order valence-corrected chi connectivity index (χ1v) is 16.8. The predicted molar refractivity (Wildman–Crippen MR) is 181 cm³/mol. The van der Waals surface area contributed by atoms with Gasteiger partial charge in [-0.15, -0.1) is 5.10 Å². The zero-order valence-electron chi connectivity index (χ0n) is 27.7. The van der Waals surface area contributed by atoms with E-state index in [9.17, 15) is 9.59 Å². The van der Waals surface area contributed by atoms with Crippen molar-refractivity contribution in [1.29, 1.82) is 0 Å². The number of carbonyl (C=O) groups excluding carboxylic acids is 2. The first-order valence-electron chi connectivity index (χ1n) is 16.5. The topological polar surface area (TPSA) is 111 Å². The van der Waals surface area contributed by atoms with Crippen LogP contribution in [0.1, 0.15) is 123 Å². The van der Waals surface area contributed by atoms with Gasteiger partial charge in [-0.2, -0.15) is 4.63 Å². The first-order chi connectivity index (χ1) is 21.6. The summed E-state index contributed by atoms with van der Waals surface area (Å²) in [7, 11) is 1.52. The average Bonchev–Trinajstić information content (AvgIpc) is 3.57. The van der Waals surface area contributed by atoms with E-state index in [-0.39, 0.29) is 5.41 Å². The molecule has 9 nitrogen and oxygen atoms in total. The molecule has 0 unspecified atom stereocenters. The molecule has 0 radical (unpaired) electrons. The lowest BCUT2D eigenvalue weighted by atomic mass is 9.92. The third-order valence-electron chi connectivity index (χ3n) is 7.70. The van der Waals surface area contributed by atoms with Crippen molar-refractivity contribution in [3.63, 3.8) is 0 Å². The Hall–Kier alpha value is -3.51. The van der Waals surface area contributed by atoms with E-state index in [1.807, 2.05) is 0 Å². The number of carbonyl (C=O) groups is 2. The second-order valence-corrected chi connectivity index (χ2v) is 13.0. The molecule has 0 aliphatic carbocycles. The van der Waals surface area contributed by atoms with E-state index in [2.05, 4.69) is 60.0 Å². The van der Waals surface area contributed by atoms with E-state index in [1.54, 1.807) is 22.8 Å². The number of anilines is 1. The first kappa shape index (κ1) is 36.0. The normalized spacial score (nSPS) is 11.3. The van der Waals surface area contributed by atoms with Gasteiger partial charge in [-0.05, 0) is 18.6 Å². The minimum atomic E-state index is -0.706. The van der Waals surface area contributed by atoms with Gasteiger partial charge in [-0.3, -0.25) is 9.89 Å². The molecule has 0 bridgehead atoms. The van der Waals surface area contributed by atoms with Crippen LogP contribution in [0.4, 0.5) is 5.69 Å². The molecule has 0 saturated carbocycles. The molecule has 1 aromatic carbocycles. The zero-order valence-corrected chi connectivity index (χ0v) is 28.4. The molecule has 1 amide bonds. The van der Waals surface area contributed by atoms with Crippen LogP contribution in [0.15, 0.2) is 18.2 Å². The van der Waals surface area contributed by atoms with Crippen molar-refractivity contribution in [3.8, 4) is 29.0 Å². The van der Waals surface area contributed by atoms with Gasteiger partial charge in [0.1, 0.15) is 10.8 Å². The highest BCUT2D eigenvalue weighted by Crippen LogP contribution is 2.34. The number of methoxy groups -OCH3 is 1. The van der Waals surface area contributed by atoms with Crippen molar-refractivity contribution < 1.29 is 19.1 Å². The summed E-state index contributed by atoms with van der Waals surface area (Å²) in [5.41, 5.74) is 2.24. The van der Waals surface area contributed by atoms with Crippen molar-refractivity contribution in [2.75, 3.05) is 19.0 Å². The molecular formula is C35H50ClN5O4. The summed E-state index contributed by atoms with van der Waals surface area (Å²) in [6.45, 7) is 8.72. The van der Waals surface area contributed by atoms with Gasteiger partial charge >= 0.3 is 11.9 Å². The smallest absolute Gasteiger partial charge is 0.384 e. The summed E-state index contributed by atoms with van der Waals surface area (Å²) in [6, 6.07) is 5.06. The number of rotatable bonds is 18. The number of hydrogen-bond acceptors (Lipinski definition) is 6. The Morgan fingerprint density at radius 3 is 2.09 bits per heavy atom. The van der Waals surface area contributed by atoms with Crippen LogP contribution in [0.25, 0.3) is 17.0 Å². The van der Waals surface area contributed by atoms with Crippen LogP contribution in [0, 0.1) is 11.8 Å². The number of nitrogens with zero attached hydrogens (tertiary/aromatic N) is 3. The van der Waals surface area contributed by atoms with Crippen molar-refractivity contribution in [2.24, 2.45) is 0 Å². The van der Waals surface area contributed by atoms with Crippen LogP contribution >= 0.6 is 11.6 Å². The second-order valence-electron chi connectivity index (χ2n) is 12.6. The van der Waals surface area contributed by atoms with Gasteiger partial charge < -0.3 is 14.8 Å². The molecule has 0 atom stereocenters. The number of nitrogens with one attached hydrogen (secondary N) is 2. The number of amides is 1. The Morgan fingerprint density at radius 1 is 0.933 bits per heavy atom. The molecule has 2 N–H and O–H groups in total. The molecular weight excluding hydrogens is 590 g/mol. The maximum absolute atomic E-state index is 12.3. The van der Waals surface area contributed by atoms with E-state index in [4.69, 9.17) is 21.1 Å². The fourth-order valence-electron chi connectivity index (χ4n) is 5.13. The van der Waals surface area contributed by atoms with Gasteiger partial charge in [-0.25, -0.2) is 9.78 Å².